The Morgan fingerprint density at radius 3 is 2.42 bits per heavy atom. The maximum absolute atomic E-state index is 13.9. The number of carbonyl (C=O) groups excluding carboxylic acids is 2. The number of halogens is 1. The van der Waals surface area contributed by atoms with E-state index in [2.05, 4.69) is 10.2 Å². The number of benzene rings is 2. The minimum Gasteiger partial charge on any atom is -0.465 e. The lowest BCUT2D eigenvalue weighted by Crippen LogP contribution is -2.44. The van der Waals surface area contributed by atoms with Crippen LogP contribution >= 0.6 is 11.6 Å². The van der Waals surface area contributed by atoms with Crippen LogP contribution in [0.3, 0.4) is 0 Å². The molecular weight excluding hydrogens is 480 g/mol. The second-order valence-electron chi connectivity index (χ2n) is 8.92. The highest BCUT2D eigenvalue weighted by molar-refractivity contribution is 6.30. The number of rotatable bonds is 7. The summed E-state index contributed by atoms with van der Waals surface area (Å²) < 4.78 is 11.2. The summed E-state index contributed by atoms with van der Waals surface area (Å²) in [5, 5.41) is 3.52. The van der Waals surface area contributed by atoms with Crippen LogP contribution in [0.5, 0.6) is 0 Å². The van der Waals surface area contributed by atoms with Crippen molar-refractivity contribution in [3.63, 3.8) is 0 Å². The van der Waals surface area contributed by atoms with Crippen molar-refractivity contribution >= 4 is 29.2 Å². The first-order valence-corrected chi connectivity index (χ1v) is 12.5. The molecule has 36 heavy (non-hydrogen) atoms. The number of carbonyl (C=O) groups is 2. The summed E-state index contributed by atoms with van der Waals surface area (Å²) in [7, 11) is 0. The predicted molar refractivity (Wildman–Crippen MR) is 137 cm³/mol. The van der Waals surface area contributed by atoms with Crippen molar-refractivity contribution in [1.82, 2.24) is 14.7 Å². The van der Waals surface area contributed by atoms with E-state index in [9.17, 15) is 9.59 Å². The summed E-state index contributed by atoms with van der Waals surface area (Å²) in [6.07, 6.45) is 1.31. The lowest BCUT2D eigenvalue weighted by Gasteiger charge is -2.32. The fraction of sp³-hybridized carbons (Fsp3) is 0.333. The van der Waals surface area contributed by atoms with E-state index >= 15 is 0 Å². The maximum Gasteiger partial charge on any atom is 0.324 e. The first kappa shape index (κ1) is 24.4. The molecule has 2 fully saturated rings. The molecule has 3 heterocycles. The quantitative estimate of drug-likeness (QED) is 0.516. The van der Waals surface area contributed by atoms with E-state index in [1.165, 1.54) is 0 Å². The molecule has 1 aromatic heterocycles. The molecule has 5 rings (SSSR count). The van der Waals surface area contributed by atoms with Gasteiger partial charge >= 0.3 is 6.03 Å². The van der Waals surface area contributed by atoms with E-state index in [1.54, 1.807) is 46.4 Å². The average molecular weight is 509 g/mol. The fourth-order valence-corrected chi connectivity index (χ4v) is 4.91. The van der Waals surface area contributed by atoms with Gasteiger partial charge in [0.05, 0.1) is 19.5 Å². The Kier molecular flexibility index (Phi) is 7.55. The molecule has 2 aliphatic rings. The van der Waals surface area contributed by atoms with Crippen LogP contribution in [-0.4, -0.2) is 72.1 Å². The lowest BCUT2D eigenvalue weighted by atomic mass is 10.1. The van der Waals surface area contributed by atoms with Crippen LogP contribution in [0.4, 0.5) is 10.5 Å². The summed E-state index contributed by atoms with van der Waals surface area (Å²) in [4.78, 5) is 33.3. The van der Waals surface area contributed by atoms with Crippen LogP contribution < -0.4 is 5.32 Å². The second kappa shape index (κ2) is 11.2. The van der Waals surface area contributed by atoms with E-state index in [4.69, 9.17) is 20.8 Å². The van der Waals surface area contributed by atoms with Gasteiger partial charge in [-0.2, -0.15) is 0 Å². The van der Waals surface area contributed by atoms with E-state index in [-0.39, 0.29) is 11.9 Å². The van der Waals surface area contributed by atoms with Crippen LogP contribution in [0.25, 0.3) is 0 Å². The van der Waals surface area contributed by atoms with Crippen molar-refractivity contribution in [3.8, 4) is 0 Å². The average Bonchev–Trinajstić information content (AvgIpc) is 3.52. The number of morpholine rings is 1. The summed E-state index contributed by atoms with van der Waals surface area (Å²) in [6.45, 7) is 4.17. The molecule has 0 aliphatic carbocycles. The van der Waals surface area contributed by atoms with Crippen molar-refractivity contribution in [2.45, 2.75) is 18.6 Å². The molecule has 0 spiro atoms. The molecule has 188 valence electrons. The molecule has 0 saturated carbocycles. The smallest absolute Gasteiger partial charge is 0.324 e. The number of nitrogens with one attached hydrogen (secondary N) is 1. The van der Waals surface area contributed by atoms with E-state index in [0.717, 1.165) is 18.7 Å². The molecule has 0 radical (unpaired) electrons. The number of urea groups is 1. The molecular formula is C27H29ClN4O4. The molecule has 2 aromatic carbocycles. The van der Waals surface area contributed by atoms with Crippen molar-refractivity contribution in [1.29, 1.82) is 0 Å². The summed E-state index contributed by atoms with van der Waals surface area (Å²) in [5.41, 5.74) is 1.58. The third-order valence-electron chi connectivity index (χ3n) is 6.62. The molecule has 2 saturated heterocycles. The Morgan fingerprint density at radius 1 is 0.972 bits per heavy atom. The van der Waals surface area contributed by atoms with Crippen molar-refractivity contribution in [2.24, 2.45) is 0 Å². The van der Waals surface area contributed by atoms with Crippen molar-refractivity contribution in [3.05, 3.63) is 89.3 Å². The monoisotopic (exact) mass is 508 g/mol. The zero-order valence-corrected chi connectivity index (χ0v) is 20.6. The van der Waals surface area contributed by atoms with Gasteiger partial charge in [0.15, 0.2) is 6.17 Å². The normalized spacial score (nSPS) is 20.6. The van der Waals surface area contributed by atoms with Gasteiger partial charge in [0.1, 0.15) is 11.8 Å². The Bertz CT molecular complexity index is 1150. The zero-order valence-electron chi connectivity index (χ0n) is 19.9. The van der Waals surface area contributed by atoms with Crippen molar-refractivity contribution < 1.29 is 18.7 Å². The minimum absolute atomic E-state index is 0.0974. The van der Waals surface area contributed by atoms with Gasteiger partial charge in [-0.3, -0.25) is 14.6 Å². The SMILES string of the molecule is O=C1C(Cc2ccccc2)N(C(=O)Nc2ccc(Cl)cc2)C(c2ccco2)N1CCN1CCOCC1. The number of anilines is 1. The van der Waals surface area contributed by atoms with Crippen LogP contribution in [0, 0.1) is 0 Å². The predicted octanol–water partition coefficient (Wildman–Crippen LogP) is 4.25. The third kappa shape index (κ3) is 5.41. The number of furan rings is 1. The van der Waals surface area contributed by atoms with Crippen LogP contribution in [0.2, 0.25) is 5.02 Å². The van der Waals surface area contributed by atoms with E-state index in [0.29, 0.717) is 49.2 Å². The number of ether oxygens (including phenoxy) is 1. The highest BCUT2D eigenvalue weighted by Gasteiger charge is 2.50. The molecule has 9 heteroatoms. The van der Waals surface area contributed by atoms with Gasteiger partial charge in [0.25, 0.3) is 0 Å². The van der Waals surface area contributed by atoms with Gasteiger partial charge in [-0.05, 0) is 42.0 Å². The third-order valence-corrected chi connectivity index (χ3v) is 6.87. The number of amides is 3. The maximum atomic E-state index is 13.9. The second-order valence-corrected chi connectivity index (χ2v) is 9.36. The Labute approximate surface area is 215 Å². The minimum atomic E-state index is -0.681. The number of hydrogen-bond acceptors (Lipinski definition) is 5. The van der Waals surface area contributed by atoms with Crippen LogP contribution in [-0.2, 0) is 16.0 Å². The standard InChI is InChI=1S/C27H29ClN4O4/c28-21-8-10-22(11-9-21)29-27(34)32-23(19-20-5-2-1-3-6-20)26(33)31(25(32)24-7-4-16-36-24)13-12-30-14-17-35-18-15-30/h1-11,16,23,25H,12-15,17-19H2,(H,29,34). The van der Waals surface area contributed by atoms with Gasteiger partial charge in [-0.15, -0.1) is 0 Å². The van der Waals surface area contributed by atoms with E-state index < -0.39 is 12.2 Å². The van der Waals surface area contributed by atoms with Crippen LogP contribution in [0.1, 0.15) is 17.5 Å². The van der Waals surface area contributed by atoms with Crippen LogP contribution in [0.15, 0.2) is 77.4 Å². The van der Waals surface area contributed by atoms with Gasteiger partial charge in [-0.25, -0.2) is 4.79 Å². The largest absolute Gasteiger partial charge is 0.465 e. The highest BCUT2D eigenvalue weighted by Crippen LogP contribution is 2.37. The van der Waals surface area contributed by atoms with Crippen molar-refractivity contribution in [2.75, 3.05) is 44.7 Å². The molecule has 3 amide bonds. The molecule has 2 atom stereocenters. The molecule has 1 N–H and O–H groups in total. The van der Waals surface area contributed by atoms with Gasteiger partial charge in [0.2, 0.25) is 5.91 Å². The van der Waals surface area contributed by atoms with Gasteiger partial charge < -0.3 is 19.4 Å². The first-order valence-electron chi connectivity index (χ1n) is 12.1. The first-order chi connectivity index (χ1) is 17.6. The molecule has 2 aliphatic heterocycles. The molecule has 2 unspecified atom stereocenters. The molecule has 3 aromatic rings. The highest BCUT2D eigenvalue weighted by atomic mass is 35.5. The Morgan fingerprint density at radius 2 is 1.72 bits per heavy atom. The van der Waals surface area contributed by atoms with Gasteiger partial charge in [0, 0.05) is 43.3 Å². The molecule has 8 nitrogen and oxygen atoms in total. The zero-order chi connectivity index (χ0) is 24.9. The van der Waals surface area contributed by atoms with E-state index in [1.807, 2.05) is 36.4 Å². The number of hydrogen-bond donors (Lipinski definition) is 1. The van der Waals surface area contributed by atoms with Gasteiger partial charge in [-0.1, -0.05) is 41.9 Å². The summed E-state index contributed by atoms with van der Waals surface area (Å²) in [6, 6.07) is 19.2. The number of nitrogens with zero attached hydrogens (tertiary/aromatic N) is 3. The lowest BCUT2D eigenvalue weighted by molar-refractivity contribution is -0.130. The summed E-state index contributed by atoms with van der Waals surface area (Å²) >= 11 is 6.02. The molecule has 0 bridgehead atoms. The fourth-order valence-electron chi connectivity index (χ4n) is 4.78. The Hall–Kier alpha value is -3.33. The topological polar surface area (TPSA) is 78.3 Å². The summed E-state index contributed by atoms with van der Waals surface area (Å²) in [5.74, 6) is 0.451. The Balaban J connectivity index is 1.46.